The van der Waals surface area contributed by atoms with Crippen LogP contribution in [0.4, 0.5) is 0 Å². The predicted octanol–water partition coefficient (Wildman–Crippen LogP) is 1.43. The standard InChI is InChI=1S/C10H11NO3/c1-8-2-4-9(5-3-8)6-11-14-7-10(12)13/h2-6H,7H2,1H3,(H,12,13). The lowest BCUT2D eigenvalue weighted by molar-refractivity contribution is -0.142. The smallest absolute Gasteiger partial charge is 0.344 e. The maximum absolute atomic E-state index is 10.1. The van der Waals surface area contributed by atoms with Gasteiger partial charge in [-0.05, 0) is 12.5 Å². The third-order valence-corrected chi connectivity index (χ3v) is 1.54. The first kappa shape index (κ1) is 10.2. The fourth-order valence-corrected chi connectivity index (χ4v) is 0.843. The maximum atomic E-state index is 10.1. The summed E-state index contributed by atoms with van der Waals surface area (Å²) in [5, 5.41) is 11.8. The number of hydrogen-bond acceptors (Lipinski definition) is 3. The number of rotatable bonds is 4. The molecule has 0 aliphatic rings. The molecule has 4 heteroatoms. The third-order valence-electron chi connectivity index (χ3n) is 1.54. The van der Waals surface area contributed by atoms with Crippen molar-refractivity contribution in [3.8, 4) is 0 Å². The van der Waals surface area contributed by atoms with E-state index in [-0.39, 0.29) is 0 Å². The summed E-state index contributed by atoms with van der Waals surface area (Å²) in [6.07, 6.45) is 1.47. The summed E-state index contributed by atoms with van der Waals surface area (Å²) < 4.78 is 0. The summed E-state index contributed by atoms with van der Waals surface area (Å²) in [7, 11) is 0. The van der Waals surface area contributed by atoms with Gasteiger partial charge in [-0.2, -0.15) is 0 Å². The molecule has 74 valence electrons. The zero-order valence-corrected chi connectivity index (χ0v) is 7.80. The summed E-state index contributed by atoms with van der Waals surface area (Å²) in [6.45, 7) is 1.57. The van der Waals surface area contributed by atoms with Gasteiger partial charge < -0.3 is 9.94 Å². The number of carbonyl (C=O) groups is 1. The molecule has 0 amide bonds. The van der Waals surface area contributed by atoms with Crippen molar-refractivity contribution in [2.45, 2.75) is 6.92 Å². The molecule has 0 fully saturated rings. The number of hydrogen-bond donors (Lipinski definition) is 1. The van der Waals surface area contributed by atoms with E-state index in [0.29, 0.717) is 0 Å². The molecular formula is C10H11NO3. The number of carboxylic acids is 1. The van der Waals surface area contributed by atoms with Crippen LogP contribution >= 0.6 is 0 Å². The first-order valence-electron chi connectivity index (χ1n) is 4.12. The molecule has 0 aromatic heterocycles. The highest BCUT2D eigenvalue weighted by Gasteiger charge is 1.93. The van der Waals surface area contributed by atoms with E-state index in [1.165, 1.54) is 6.21 Å². The van der Waals surface area contributed by atoms with Crippen LogP contribution in [0, 0.1) is 6.92 Å². The predicted molar refractivity (Wildman–Crippen MR) is 52.4 cm³/mol. The van der Waals surface area contributed by atoms with Crippen molar-refractivity contribution in [3.63, 3.8) is 0 Å². The molecule has 1 aromatic rings. The topological polar surface area (TPSA) is 58.9 Å². The number of aryl methyl sites for hydroxylation is 1. The van der Waals surface area contributed by atoms with E-state index in [0.717, 1.165) is 11.1 Å². The van der Waals surface area contributed by atoms with E-state index < -0.39 is 12.6 Å². The molecule has 0 radical (unpaired) electrons. The highest BCUT2D eigenvalue weighted by molar-refractivity contribution is 5.79. The Balaban J connectivity index is 2.44. The van der Waals surface area contributed by atoms with Crippen LogP contribution in [0.3, 0.4) is 0 Å². The highest BCUT2D eigenvalue weighted by atomic mass is 16.6. The Morgan fingerprint density at radius 3 is 2.71 bits per heavy atom. The van der Waals surface area contributed by atoms with Gasteiger partial charge in [0.1, 0.15) is 0 Å². The molecule has 0 aliphatic carbocycles. The van der Waals surface area contributed by atoms with Gasteiger partial charge in [-0.1, -0.05) is 35.0 Å². The van der Waals surface area contributed by atoms with Crippen LogP contribution in [0.5, 0.6) is 0 Å². The molecule has 4 nitrogen and oxygen atoms in total. The van der Waals surface area contributed by atoms with Gasteiger partial charge in [0.15, 0.2) is 0 Å². The molecule has 14 heavy (non-hydrogen) atoms. The zero-order valence-electron chi connectivity index (χ0n) is 7.80. The molecule has 0 aliphatic heterocycles. The summed E-state index contributed by atoms with van der Waals surface area (Å²) in [5.74, 6) is -1.04. The van der Waals surface area contributed by atoms with Crippen molar-refractivity contribution in [3.05, 3.63) is 35.4 Å². The molecule has 0 saturated heterocycles. The monoisotopic (exact) mass is 193 g/mol. The molecule has 0 unspecified atom stereocenters. The molecule has 0 bridgehead atoms. The number of carboxylic acid groups (broad SMARTS) is 1. The lowest BCUT2D eigenvalue weighted by atomic mass is 10.2. The van der Waals surface area contributed by atoms with E-state index in [9.17, 15) is 4.79 Å². The fraction of sp³-hybridized carbons (Fsp3) is 0.200. The molecule has 1 rings (SSSR count). The minimum atomic E-state index is -1.04. The van der Waals surface area contributed by atoms with Gasteiger partial charge in [-0.25, -0.2) is 4.79 Å². The van der Waals surface area contributed by atoms with Crippen LogP contribution in [0.15, 0.2) is 29.4 Å². The largest absolute Gasteiger partial charge is 0.479 e. The van der Waals surface area contributed by atoms with Gasteiger partial charge in [0.05, 0.1) is 6.21 Å². The van der Waals surface area contributed by atoms with Crippen LogP contribution in [0.2, 0.25) is 0 Å². The minimum Gasteiger partial charge on any atom is -0.479 e. The number of oxime groups is 1. The van der Waals surface area contributed by atoms with Crippen molar-refractivity contribution in [1.82, 2.24) is 0 Å². The normalized spacial score (nSPS) is 10.4. The Kier molecular flexibility index (Phi) is 3.67. The lowest BCUT2D eigenvalue weighted by Crippen LogP contribution is -2.03. The first-order chi connectivity index (χ1) is 6.68. The van der Waals surface area contributed by atoms with Crippen molar-refractivity contribution in [1.29, 1.82) is 0 Å². The van der Waals surface area contributed by atoms with Gasteiger partial charge >= 0.3 is 5.97 Å². The molecule has 0 spiro atoms. The average molecular weight is 193 g/mol. The quantitative estimate of drug-likeness (QED) is 0.581. The van der Waals surface area contributed by atoms with Gasteiger partial charge in [-0.3, -0.25) is 0 Å². The van der Waals surface area contributed by atoms with E-state index in [4.69, 9.17) is 5.11 Å². The van der Waals surface area contributed by atoms with Crippen molar-refractivity contribution in [2.75, 3.05) is 6.61 Å². The second-order valence-electron chi connectivity index (χ2n) is 2.81. The molecule has 0 atom stereocenters. The summed E-state index contributed by atoms with van der Waals surface area (Å²) >= 11 is 0. The fourth-order valence-electron chi connectivity index (χ4n) is 0.843. The average Bonchev–Trinajstić information content (AvgIpc) is 2.15. The summed E-state index contributed by atoms with van der Waals surface area (Å²) in [4.78, 5) is 14.6. The minimum absolute atomic E-state index is 0.414. The second kappa shape index (κ2) is 5.01. The van der Waals surface area contributed by atoms with Crippen LogP contribution in [0.25, 0.3) is 0 Å². The summed E-state index contributed by atoms with van der Waals surface area (Å²) in [5.41, 5.74) is 2.04. The number of benzene rings is 1. The molecular weight excluding hydrogens is 182 g/mol. The SMILES string of the molecule is Cc1ccc(C=NOCC(=O)O)cc1. The van der Waals surface area contributed by atoms with Crippen molar-refractivity contribution < 1.29 is 14.7 Å². The Hall–Kier alpha value is -1.84. The van der Waals surface area contributed by atoms with Crippen LogP contribution < -0.4 is 0 Å². The highest BCUT2D eigenvalue weighted by Crippen LogP contribution is 2.00. The lowest BCUT2D eigenvalue weighted by Gasteiger charge is -1.94. The van der Waals surface area contributed by atoms with E-state index in [1.54, 1.807) is 0 Å². The Morgan fingerprint density at radius 2 is 2.14 bits per heavy atom. The van der Waals surface area contributed by atoms with E-state index >= 15 is 0 Å². The number of aliphatic carboxylic acids is 1. The van der Waals surface area contributed by atoms with Crippen molar-refractivity contribution in [2.24, 2.45) is 5.16 Å². The van der Waals surface area contributed by atoms with E-state index in [2.05, 4.69) is 9.99 Å². The Labute approximate surface area is 81.8 Å². The Bertz CT molecular complexity index is 330. The van der Waals surface area contributed by atoms with Crippen LogP contribution in [0.1, 0.15) is 11.1 Å². The zero-order chi connectivity index (χ0) is 10.4. The number of nitrogens with zero attached hydrogens (tertiary/aromatic N) is 1. The van der Waals surface area contributed by atoms with Gasteiger partial charge in [-0.15, -0.1) is 0 Å². The third kappa shape index (κ3) is 3.71. The van der Waals surface area contributed by atoms with Gasteiger partial charge in [0, 0.05) is 0 Å². The van der Waals surface area contributed by atoms with E-state index in [1.807, 2.05) is 31.2 Å². The molecule has 0 heterocycles. The van der Waals surface area contributed by atoms with Crippen molar-refractivity contribution >= 4 is 12.2 Å². The Morgan fingerprint density at radius 1 is 1.50 bits per heavy atom. The molecule has 1 N–H and O–H groups in total. The molecule has 1 aromatic carbocycles. The van der Waals surface area contributed by atoms with Gasteiger partial charge in [0.2, 0.25) is 6.61 Å². The van der Waals surface area contributed by atoms with Gasteiger partial charge in [0.25, 0.3) is 0 Å². The second-order valence-corrected chi connectivity index (χ2v) is 2.81. The first-order valence-corrected chi connectivity index (χ1v) is 4.12. The molecule has 0 saturated carbocycles. The maximum Gasteiger partial charge on any atom is 0.344 e. The van der Waals surface area contributed by atoms with Crippen LogP contribution in [-0.2, 0) is 9.63 Å². The summed E-state index contributed by atoms with van der Waals surface area (Å²) in [6, 6.07) is 7.64. The van der Waals surface area contributed by atoms with Crippen LogP contribution in [-0.4, -0.2) is 23.9 Å².